The summed E-state index contributed by atoms with van der Waals surface area (Å²) < 4.78 is 0. The number of aromatic nitrogens is 1. The normalized spacial score (nSPS) is 10.9. The van der Waals surface area contributed by atoms with Gasteiger partial charge in [0.25, 0.3) is 0 Å². The van der Waals surface area contributed by atoms with Gasteiger partial charge in [0.1, 0.15) is 0 Å². The van der Waals surface area contributed by atoms with Crippen molar-refractivity contribution in [1.82, 2.24) is 9.88 Å². The monoisotopic (exact) mass is 260 g/mol. The molecule has 2 rings (SSSR count). The lowest BCUT2D eigenvalue weighted by Crippen LogP contribution is -2.34. The first-order chi connectivity index (χ1) is 9.15. The lowest BCUT2D eigenvalue weighted by Gasteiger charge is -2.19. The van der Waals surface area contributed by atoms with Crippen molar-refractivity contribution >= 4 is 16.8 Å². The standard InChI is InChI=1S/C15H20N2O2/c1-3-17(6-7-18)15(19)9-12-10-16-14-8-11(2)4-5-13(12)14/h4-5,8,10,16,18H,3,6-7,9H2,1-2H3. The van der Waals surface area contributed by atoms with Gasteiger partial charge in [-0.3, -0.25) is 4.79 Å². The van der Waals surface area contributed by atoms with Crippen LogP contribution in [0.3, 0.4) is 0 Å². The number of hydrogen-bond acceptors (Lipinski definition) is 2. The minimum Gasteiger partial charge on any atom is -0.395 e. The highest BCUT2D eigenvalue weighted by molar-refractivity contribution is 5.89. The molecule has 1 amide bonds. The van der Waals surface area contributed by atoms with Gasteiger partial charge in [0.05, 0.1) is 13.0 Å². The summed E-state index contributed by atoms with van der Waals surface area (Å²) in [5.74, 6) is 0.0537. The molecular formula is C15H20N2O2. The Morgan fingerprint density at radius 2 is 2.21 bits per heavy atom. The smallest absolute Gasteiger partial charge is 0.227 e. The Labute approximate surface area is 113 Å². The molecule has 0 radical (unpaired) electrons. The quantitative estimate of drug-likeness (QED) is 0.862. The third-order valence-electron chi connectivity index (χ3n) is 3.37. The lowest BCUT2D eigenvalue weighted by molar-refractivity contribution is -0.130. The van der Waals surface area contributed by atoms with Crippen LogP contribution in [0.25, 0.3) is 10.9 Å². The number of aryl methyl sites for hydroxylation is 1. The van der Waals surface area contributed by atoms with E-state index >= 15 is 0 Å². The highest BCUT2D eigenvalue weighted by atomic mass is 16.3. The molecule has 4 nitrogen and oxygen atoms in total. The first kappa shape index (κ1) is 13.6. The maximum absolute atomic E-state index is 12.1. The number of carbonyl (C=O) groups is 1. The molecular weight excluding hydrogens is 240 g/mol. The van der Waals surface area contributed by atoms with Crippen molar-refractivity contribution in [2.24, 2.45) is 0 Å². The van der Waals surface area contributed by atoms with Crippen LogP contribution in [-0.4, -0.2) is 40.6 Å². The van der Waals surface area contributed by atoms with E-state index in [1.165, 1.54) is 5.56 Å². The van der Waals surface area contributed by atoms with Gasteiger partial charge in [0.15, 0.2) is 0 Å². The van der Waals surface area contributed by atoms with E-state index in [1.807, 2.05) is 26.1 Å². The summed E-state index contributed by atoms with van der Waals surface area (Å²) in [4.78, 5) is 17.0. The van der Waals surface area contributed by atoms with E-state index in [0.717, 1.165) is 16.5 Å². The molecule has 1 aromatic carbocycles. The fraction of sp³-hybridized carbons (Fsp3) is 0.400. The molecule has 2 aromatic rings. The first-order valence-corrected chi connectivity index (χ1v) is 6.61. The molecule has 102 valence electrons. The molecule has 1 aromatic heterocycles. The van der Waals surface area contributed by atoms with Crippen LogP contribution in [0.5, 0.6) is 0 Å². The van der Waals surface area contributed by atoms with Crippen LogP contribution in [0, 0.1) is 6.92 Å². The minimum absolute atomic E-state index is 0.00661. The number of H-pyrrole nitrogens is 1. The van der Waals surface area contributed by atoms with Crippen LogP contribution < -0.4 is 0 Å². The third-order valence-corrected chi connectivity index (χ3v) is 3.37. The Balaban J connectivity index is 2.19. The van der Waals surface area contributed by atoms with Gasteiger partial charge in [-0.15, -0.1) is 0 Å². The summed E-state index contributed by atoms with van der Waals surface area (Å²) >= 11 is 0. The number of rotatable bonds is 5. The fourth-order valence-corrected chi connectivity index (χ4v) is 2.30. The number of aromatic amines is 1. The van der Waals surface area contributed by atoms with Crippen molar-refractivity contribution in [3.8, 4) is 0 Å². The number of benzene rings is 1. The van der Waals surface area contributed by atoms with Crippen LogP contribution in [0.4, 0.5) is 0 Å². The second-order valence-corrected chi connectivity index (χ2v) is 4.74. The molecule has 1 heterocycles. The summed E-state index contributed by atoms with van der Waals surface area (Å²) in [5.41, 5.74) is 3.27. The fourth-order valence-electron chi connectivity index (χ4n) is 2.30. The largest absolute Gasteiger partial charge is 0.395 e. The van der Waals surface area contributed by atoms with Gasteiger partial charge in [-0.2, -0.15) is 0 Å². The van der Waals surface area contributed by atoms with Crippen molar-refractivity contribution in [3.05, 3.63) is 35.5 Å². The molecule has 0 aliphatic heterocycles. The van der Waals surface area contributed by atoms with Gasteiger partial charge in [-0.1, -0.05) is 12.1 Å². The highest BCUT2D eigenvalue weighted by Gasteiger charge is 2.14. The molecule has 0 aliphatic carbocycles. The summed E-state index contributed by atoms with van der Waals surface area (Å²) in [5, 5.41) is 10.0. The molecule has 0 atom stereocenters. The van der Waals surface area contributed by atoms with Crippen LogP contribution in [0.2, 0.25) is 0 Å². The molecule has 2 N–H and O–H groups in total. The molecule has 0 bridgehead atoms. The van der Waals surface area contributed by atoms with Crippen molar-refractivity contribution < 1.29 is 9.90 Å². The SMILES string of the molecule is CCN(CCO)C(=O)Cc1c[nH]c2cc(C)ccc12. The van der Waals surface area contributed by atoms with Crippen LogP contribution in [-0.2, 0) is 11.2 Å². The Morgan fingerprint density at radius 3 is 2.89 bits per heavy atom. The van der Waals surface area contributed by atoms with Crippen molar-refractivity contribution in [2.75, 3.05) is 19.7 Å². The minimum atomic E-state index is 0.00661. The molecule has 0 unspecified atom stereocenters. The van der Waals surface area contributed by atoms with Crippen molar-refractivity contribution in [3.63, 3.8) is 0 Å². The van der Waals surface area contributed by atoms with Crippen LogP contribution >= 0.6 is 0 Å². The zero-order valence-electron chi connectivity index (χ0n) is 11.4. The van der Waals surface area contributed by atoms with E-state index in [2.05, 4.69) is 17.1 Å². The predicted molar refractivity (Wildman–Crippen MR) is 76.1 cm³/mol. The Hall–Kier alpha value is -1.81. The summed E-state index contributed by atoms with van der Waals surface area (Å²) in [6, 6.07) is 6.18. The van der Waals surface area contributed by atoms with Gasteiger partial charge < -0.3 is 15.0 Å². The number of aliphatic hydroxyl groups is 1. The molecule has 0 saturated heterocycles. The Bertz CT molecular complexity index is 575. The number of nitrogens with zero attached hydrogens (tertiary/aromatic N) is 1. The van der Waals surface area contributed by atoms with E-state index in [9.17, 15) is 4.79 Å². The lowest BCUT2D eigenvalue weighted by atomic mass is 10.1. The van der Waals surface area contributed by atoms with Gasteiger partial charge in [0, 0.05) is 30.2 Å². The maximum atomic E-state index is 12.1. The molecule has 0 spiro atoms. The molecule has 0 fully saturated rings. The van der Waals surface area contributed by atoms with E-state index in [1.54, 1.807) is 4.90 Å². The molecule has 0 aliphatic rings. The summed E-state index contributed by atoms with van der Waals surface area (Å²) in [6.07, 6.45) is 2.27. The van der Waals surface area contributed by atoms with Gasteiger partial charge >= 0.3 is 0 Å². The second kappa shape index (κ2) is 5.89. The Morgan fingerprint density at radius 1 is 1.42 bits per heavy atom. The number of hydrogen-bond donors (Lipinski definition) is 2. The summed E-state index contributed by atoms with van der Waals surface area (Å²) in [6.45, 7) is 5.00. The molecule has 4 heteroatoms. The van der Waals surface area contributed by atoms with Gasteiger partial charge in [-0.05, 0) is 31.0 Å². The number of nitrogens with one attached hydrogen (secondary N) is 1. The van der Waals surface area contributed by atoms with Crippen LogP contribution in [0.15, 0.2) is 24.4 Å². The third kappa shape index (κ3) is 2.96. The first-order valence-electron chi connectivity index (χ1n) is 6.61. The summed E-state index contributed by atoms with van der Waals surface area (Å²) in [7, 11) is 0. The number of likely N-dealkylation sites (N-methyl/N-ethyl adjacent to an activating group) is 1. The number of carbonyl (C=O) groups excluding carboxylic acids is 1. The zero-order valence-corrected chi connectivity index (χ0v) is 11.4. The van der Waals surface area contributed by atoms with Gasteiger partial charge in [0.2, 0.25) is 5.91 Å². The van der Waals surface area contributed by atoms with E-state index in [-0.39, 0.29) is 12.5 Å². The average molecular weight is 260 g/mol. The zero-order chi connectivity index (χ0) is 13.8. The number of fused-ring (bicyclic) bond motifs is 1. The average Bonchev–Trinajstić information content (AvgIpc) is 2.78. The van der Waals surface area contributed by atoms with Crippen molar-refractivity contribution in [2.45, 2.75) is 20.3 Å². The van der Waals surface area contributed by atoms with Gasteiger partial charge in [-0.25, -0.2) is 0 Å². The maximum Gasteiger partial charge on any atom is 0.227 e. The second-order valence-electron chi connectivity index (χ2n) is 4.74. The van der Waals surface area contributed by atoms with Crippen molar-refractivity contribution in [1.29, 1.82) is 0 Å². The molecule has 19 heavy (non-hydrogen) atoms. The van der Waals surface area contributed by atoms with E-state index in [4.69, 9.17) is 5.11 Å². The number of aliphatic hydroxyl groups excluding tert-OH is 1. The van der Waals surface area contributed by atoms with E-state index < -0.39 is 0 Å². The Kier molecular flexibility index (Phi) is 4.22. The van der Waals surface area contributed by atoms with E-state index in [0.29, 0.717) is 19.5 Å². The van der Waals surface area contributed by atoms with Crippen LogP contribution in [0.1, 0.15) is 18.1 Å². The predicted octanol–water partition coefficient (Wildman–Crippen LogP) is 1.86. The molecule has 0 saturated carbocycles. The topological polar surface area (TPSA) is 56.3 Å². The number of amides is 1. The highest BCUT2D eigenvalue weighted by Crippen LogP contribution is 2.20.